The maximum Gasteiger partial charge on any atom is 0.146 e. The maximum atomic E-state index is 6.19. The molecule has 0 atom stereocenters. The summed E-state index contributed by atoms with van der Waals surface area (Å²) in [6, 6.07) is 30.3. The molecule has 0 aliphatic rings. The Hall–Kier alpha value is -3.92. The van der Waals surface area contributed by atoms with Gasteiger partial charge >= 0.3 is 0 Å². The van der Waals surface area contributed by atoms with Crippen molar-refractivity contribution < 1.29 is 4.42 Å². The second-order valence-electron chi connectivity index (χ2n) is 7.16. The van der Waals surface area contributed by atoms with Crippen molar-refractivity contribution in [2.45, 2.75) is 13.3 Å². The number of benzene rings is 3. The molecule has 146 valence electrons. The molecule has 0 spiro atoms. The average Bonchev–Trinajstić information content (AvgIpc) is 2.82. The van der Waals surface area contributed by atoms with Crippen LogP contribution in [0.25, 0.3) is 33.2 Å². The van der Waals surface area contributed by atoms with E-state index < -0.39 is 0 Å². The molecule has 2 aromatic heterocycles. The first-order valence-corrected chi connectivity index (χ1v) is 10.1. The third-order valence-corrected chi connectivity index (χ3v) is 5.16. The van der Waals surface area contributed by atoms with Crippen LogP contribution in [0.3, 0.4) is 0 Å². The number of rotatable bonds is 4. The van der Waals surface area contributed by atoms with Crippen LogP contribution in [0.2, 0.25) is 0 Å². The van der Waals surface area contributed by atoms with Gasteiger partial charge in [0.25, 0.3) is 0 Å². The standard InChI is InChI=1S/C26H21N3O/c1-2-18-12-14-24-21(16-18)23(17-25(30-24)20-9-4-3-5-10-20)28-29-26-15-13-19-8-6-7-11-22(19)27-26/h3-17H,2H2,1H3,(H,27,29)/b28-23+. The Labute approximate surface area is 174 Å². The van der Waals surface area contributed by atoms with Gasteiger partial charge in [-0.1, -0.05) is 61.5 Å². The Morgan fingerprint density at radius 2 is 1.70 bits per heavy atom. The molecule has 0 fully saturated rings. The molecule has 0 radical (unpaired) electrons. The fourth-order valence-electron chi connectivity index (χ4n) is 3.52. The molecule has 5 rings (SSSR count). The lowest BCUT2D eigenvalue weighted by molar-refractivity contribution is 0.618. The van der Waals surface area contributed by atoms with E-state index in [1.807, 2.05) is 78.9 Å². The van der Waals surface area contributed by atoms with Crippen LogP contribution in [0, 0.1) is 0 Å². The molecule has 5 aromatic rings. The van der Waals surface area contributed by atoms with Gasteiger partial charge < -0.3 is 4.42 Å². The van der Waals surface area contributed by atoms with Crippen LogP contribution >= 0.6 is 0 Å². The fraction of sp³-hybridized carbons (Fsp3) is 0.0769. The summed E-state index contributed by atoms with van der Waals surface area (Å²) in [5.41, 5.74) is 7.13. The van der Waals surface area contributed by atoms with E-state index in [0.717, 1.165) is 45.0 Å². The minimum absolute atomic E-state index is 0.704. The summed E-state index contributed by atoms with van der Waals surface area (Å²) in [6.07, 6.45) is 0.954. The molecule has 0 saturated carbocycles. The van der Waals surface area contributed by atoms with Crippen molar-refractivity contribution in [2.24, 2.45) is 5.10 Å². The minimum atomic E-state index is 0.704. The van der Waals surface area contributed by atoms with Gasteiger partial charge in [-0.05, 0) is 42.3 Å². The Bertz CT molecular complexity index is 1400. The SMILES string of the molecule is CCc1ccc2oc(-c3ccccc3)c/c(=N\Nc3ccc4ccccc4n3)c2c1. The van der Waals surface area contributed by atoms with E-state index >= 15 is 0 Å². The first-order valence-electron chi connectivity index (χ1n) is 10.1. The molecule has 0 saturated heterocycles. The summed E-state index contributed by atoms with van der Waals surface area (Å²) in [6.45, 7) is 2.14. The predicted molar refractivity (Wildman–Crippen MR) is 122 cm³/mol. The van der Waals surface area contributed by atoms with Gasteiger partial charge in [0.05, 0.1) is 10.9 Å². The number of aryl methyl sites for hydroxylation is 1. The topological polar surface area (TPSA) is 50.4 Å². The van der Waals surface area contributed by atoms with Crippen molar-refractivity contribution in [1.29, 1.82) is 0 Å². The third kappa shape index (κ3) is 3.55. The second kappa shape index (κ2) is 7.84. The normalized spacial score (nSPS) is 11.8. The van der Waals surface area contributed by atoms with Gasteiger partial charge in [-0.15, -0.1) is 0 Å². The smallest absolute Gasteiger partial charge is 0.146 e. The van der Waals surface area contributed by atoms with Gasteiger partial charge in [0, 0.05) is 22.4 Å². The largest absolute Gasteiger partial charge is 0.456 e. The molecule has 0 bridgehead atoms. The number of nitrogens with zero attached hydrogens (tertiary/aromatic N) is 2. The highest BCUT2D eigenvalue weighted by Gasteiger charge is 2.07. The summed E-state index contributed by atoms with van der Waals surface area (Å²) in [7, 11) is 0. The van der Waals surface area contributed by atoms with Crippen LogP contribution in [-0.2, 0) is 6.42 Å². The van der Waals surface area contributed by atoms with E-state index in [-0.39, 0.29) is 0 Å². The van der Waals surface area contributed by atoms with Crippen LogP contribution < -0.4 is 10.8 Å². The fourth-order valence-corrected chi connectivity index (χ4v) is 3.52. The number of aromatic nitrogens is 1. The average molecular weight is 391 g/mol. The van der Waals surface area contributed by atoms with E-state index in [9.17, 15) is 0 Å². The van der Waals surface area contributed by atoms with Crippen LogP contribution in [0.1, 0.15) is 12.5 Å². The lowest BCUT2D eigenvalue weighted by Gasteiger charge is -2.07. The number of hydrogen-bond donors (Lipinski definition) is 1. The zero-order chi connectivity index (χ0) is 20.3. The molecule has 30 heavy (non-hydrogen) atoms. The number of nitrogens with one attached hydrogen (secondary N) is 1. The molecule has 4 nitrogen and oxygen atoms in total. The number of anilines is 1. The van der Waals surface area contributed by atoms with Crippen molar-refractivity contribution in [1.82, 2.24) is 4.98 Å². The molecular formula is C26H21N3O. The Kier molecular flexibility index (Phi) is 4.74. The van der Waals surface area contributed by atoms with Crippen LogP contribution in [-0.4, -0.2) is 4.98 Å². The monoisotopic (exact) mass is 391 g/mol. The zero-order valence-corrected chi connectivity index (χ0v) is 16.7. The minimum Gasteiger partial charge on any atom is -0.456 e. The zero-order valence-electron chi connectivity index (χ0n) is 16.7. The number of para-hydroxylation sites is 1. The van der Waals surface area contributed by atoms with Crippen LogP contribution in [0.5, 0.6) is 0 Å². The molecule has 0 aliphatic heterocycles. The molecule has 3 aromatic carbocycles. The summed E-state index contributed by atoms with van der Waals surface area (Å²) >= 11 is 0. The molecule has 0 amide bonds. The van der Waals surface area contributed by atoms with E-state index in [1.165, 1.54) is 5.56 Å². The summed E-state index contributed by atoms with van der Waals surface area (Å²) in [5, 5.41) is 7.60. The molecule has 0 aliphatic carbocycles. The number of pyridine rings is 1. The number of hydrogen-bond acceptors (Lipinski definition) is 4. The first kappa shape index (κ1) is 18.1. The molecule has 2 heterocycles. The lowest BCUT2D eigenvalue weighted by atomic mass is 10.1. The van der Waals surface area contributed by atoms with Gasteiger partial charge in [0.15, 0.2) is 0 Å². The Balaban J connectivity index is 1.64. The van der Waals surface area contributed by atoms with Gasteiger partial charge in [-0.3, -0.25) is 5.43 Å². The van der Waals surface area contributed by atoms with Crippen molar-refractivity contribution >= 4 is 27.7 Å². The maximum absolute atomic E-state index is 6.19. The van der Waals surface area contributed by atoms with E-state index in [0.29, 0.717) is 5.82 Å². The highest BCUT2D eigenvalue weighted by Crippen LogP contribution is 2.23. The van der Waals surface area contributed by atoms with Crippen molar-refractivity contribution in [3.05, 3.63) is 102 Å². The van der Waals surface area contributed by atoms with Gasteiger partial charge in [-0.2, -0.15) is 5.10 Å². The molecule has 4 heteroatoms. The van der Waals surface area contributed by atoms with Gasteiger partial charge in [-0.25, -0.2) is 4.98 Å². The van der Waals surface area contributed by atoms with Gasteiger partial charge in [0.1, 0.15) is 17.2 Å². The van der Waals surface area contributed by atoms with E-state index in [1.54, 1.807) is 0 Å². The molecular weight excluding hydrogens is 370 g/mol. The molecule has 0 unspecified atom stereocenters. The van der Waals surface area contributed by atoms with Crippen LogP contribution in [0.4, 0.5) is 5.82 Å². The summed E-state index contributed by atoms with van der Waals surface area (Å²) in [5.74, 6) is 1.48. The highest BCUT2D eigenvalue weighted by molar-refractivity contribution is 5.81. The van der Waals surface area contributed by atoms with E-state index in [2.05, 4.69) is 29.5 Å². The van der Waals surface area contributed by atoms with Gasteiger partial charge in [0.2, 0.25) is 0 Å². The number of fused-ring (bicyclic) bond motifs is 2. The van der Waals surface area contributed by atoms with Crippen molar-refractivity contribution in [3.8, 4) is 11.3 Å². The van der Waals surface area contributed by atoms with Crippen molar-refractivity contribution in [3.63, 3.8) is 0 Å². The summed E-state index contributed by atoms with van der Waals surface area (Å²) < 4.78 is 6.19. The second-order valence-corrected chi connectivity index (χ2v) is 7.16. The molecule has 1 N–H and O–H groups in total. The highest BCUT2D eigenvalue weighted by atomic mass is 16.3. The Morgan fingerprint density at radius 3 is 2.57 bits per heavy atom. The van der Waals surface area contributed by atoms with Crippen molar-refractivity contribution in [2.75, 3.05) is 5.43 Å². The first-order chi connectivity index (χ1) is 14.8. The Morgan fingerprint density at radius 1 is 0.867 bits per heavy atom. The lowest BCUT2D eigenvalue weighted by Crippen LogP contribution is -2.08. The quantitative estimate of drug-likeness (QED) is 0.375. The third-order valence-electron chi connectivity index (χ3n) is 5.16. The van der Waals surface area contributed by atoms with E-state index in [4.69, 9.17) is 9.52 Å². The predicted octanol–water partition coefficient (Wildman–Crippen LogP) is 6.14. The van der Waals surface area contributed by atoms with Crippen LogP contribution in [0.15, 0.2) is 101 Å². The summed E-state index contributed by atoms with van der Waals surface area (Å²) in [4.78, 5) is 4.66.